The van der Waals surface area contributed by atoms with Gasteiger partial charge in [0.25, 0.3) is 5.91 Å². The van der Waals surface area contributed by atoms with E-state index in [0.29, 0.717) is 11.5 Å². The first-order chi connectivity index (χ1) is 11.5. The number of ether oxygens (including phenoxy) is 1. The highest BCUT2D eigenvalue weighted by Crippen LogP contribution is 2.18. The van der Waals surface area contributed by atoms with Crippen LogP contribution in [0.2, 0.25) is 0 Å². The van der Waals surface area contributed by atoms with Crippen LogP contribution in [0.5, 0.6) is 5.75 Å². The Bertz CT molecular complexity index is 695. The van der Waals surface area contributed by atoms with Gasteiger partial charge in [0, 0.05) is 31.5 Å². The van der Waals surface area contributed by atoms with Crippen molar-refractivity contribution < 1.29 is 18.7 Å². The molecule has 0 aliphatic carbocycles. The zero-order valence-electron chi connectivity index (χ0n) is 13.5. The number of halogens is 1. The number of furan rings is 1. The fourth-order valence-electron chi connectivity index (χ4n) is 1.86. The normalized spacial score (nSPS) is 10.3. The Morgan fingerprint density at radius 3 is 2.54 bits per heavy atom. The van der Waals surface area contributed by atoms with Gasteiger partial charge in [-0.3, -0.25) is 9.59 Å². The fraction of sp³-hybridized carbons (Fsp3) is 0.294. The topological polar surface area (TPSA) is 71.8 Å². The predicted octanol–water partition coefficient (Wildman–Crippen LogP) is 2.83. The second kappa shape index (κ2) is 8.54. The molecular weight excluding hydrogens is 376 g/mol. The molecule has 0 unspecified atom stereocenters. The average molecular weight is 395 g/mol. The first-order valence-corrected chi connectivity index (χ1v) is 8.20. The van der Waals surface area contributed by atoms with Crippen molar-refractivity contribution in [3.8, 4) is 5.75 Å². The van der Waals surface area contributed by atoms with Gasteiger partial charge >= 0.3 is 0 Å². The molecule has 1 N–H and O–H groups in total. The van der Waals surface area contributed by atoms with Gasteiger partial charge in [0.2, 0.25) is 5.91 Å². The molecule has 2 amide bonds. The van der Waals surface area contributed by atoms with Crippen LogP contribution in [0.3, 0.4) is 0 Å². The van der Waals surface area contributed by atoms with E-state index < -0.39 is 0 Å². The minimum absolute atomic E-state index is 0.0432. The van der Waals surface area contributed by atoms with E-state index in [4.69, 9.17) is 9.15 Å². The SMILES string of the molecule is CN(C)C(=O)CCNC(=O)c1ccc(COc2ccc(Br)cc2)o1. The van der Waals surface area contributed by atoms with Crippen molar-refractivity contribution in [1.82, 2.24) is 10.2 Å². The number of carbonyl (C=O) groups excluding carboxylic acids is 2. The summed E-state index contributed by atoms with van der Waals surface area (Å²) in [6.45, 7) is 0.495. The highest BCUT2D eigenvalue weighted by Gasteiger charge is 2.12. The molecule has 0 saturated heterocycles. The molecular formula is C17H19BrN2O4. The van der Waals surface area contributed by atoms with Crippen LogP contribution in [-0.4, -0.2) is 37.4 Å². The Balaban J connectivity index is 1.80. The summed E-state index contributed by atoms with van der Waals surface area (Å²) in [6.07, 6.45) is 0.249. The van der Waals surface area contributed by atoms with Crippen LogP contribution in [0.25, 0.3) is 0 Å². The van der Waals surface area contributed by atoms with E-state index in [1.807, 2.05) is 24.3 Å². The van der Waals surface area contributed by atoms with Gasteiger partial charge in [0.1, 0.15) is 18.1 Å². The highest BCUT2D eigenvalue weighted by molar-refractivity contribution is 9.10. The van der Waals surface area contributed by atoms with Crippen molar-refractivity contribution in [2.75, 3.05) is 20.6 Å². The van der Waals surface area contributed by atoms with E-state index in [1.54, 1.807) is 26.2 Å². The number of amides is 2. The van der Waals surface area contributed by atoms with Gasteiger partial charge in [0.15, 0.2) is 5.76 Å². The fourth-order valence-corrected chi connectivity index (χ4v) is 2.12. The quantitative estimate of drug-likeness (QED) is 0.783. The molecule has 0 spiro atoms. The summed E-state index contributed by atoms with van der Waals surface area (Å²) in [7, 11) is 3.35. The molecule has 0 aliphatic rings. The lowest BCUT2D eigenvalue weighted by atomic mass is 10.3. The summed E-state index contributed by atoms with van der Waals surface area (Å²) in [5.41, 5.74) is 0. The molecule has 1 aromatic carbocycles. The number of benzene rings is 1. The number of nitrogens with one attached hydrogen (secondary N) is 1. The monoisotopic (exact) mass is 394 g/mol. The standard InChI is InChI=1S/C17H19BrN2O4/c1-20(2)16(21)9-10-19-17(22)15-8-7-14(24-15)11-23-13-5-3-12(18)4-6-13/h3-8H,9-11H2,1-2H3,(H,19,22). The minimum atomic E-state index is -0.351. The molecule has 2 rings (SSSR count). The molecule has 24 heavy (non-hydrogen) atoms. The molecule has 0 aliphatic heterocycles. The molecule has 0 bridgehead atoms. The van der Waals surface area contributed by atoms with Gasteiger partial charge < -0.3 is 19.4 Å². The summed E-state index contributed by atoms with van der Waals surface area (Å²) in [6, 6.07) is 10.7. The third-order valence-corrected chi connectivity index (χ3v) is 3.73. The van der Waals surface area contributed by atoms with E-state index in [-0.39, 0.29) is 37.1 Å². The molecule has 2 aromatic rings. The molecule has 1 aromatic heterocycles. The van der Waals surface area contributed by atoms with E-state index in [0.717, 1.165) is 4.47 Å². The Kier molecular flexibility index (Phi) is 6.43. The van der Waals surface area contributed by atoms with Crippen LogP contribution in [-0.2, 0) is 11.4 Å². The van der Waals surface area contributed by atoms with E-state index in [9.17, 15) is 9.59 Å². The van der Waals surface area contributed by atoms with Crippen LogP contribution < -0.4 is 10.1 Å². The first-order valence-electron chi connectivity index (χ1n) is 7.41. The maximum atomic E-state index is 11.9. The Morgan fingerprint density at radius 1 is 1.17 bits per heavy atom. The minimum Gasteiger partial charge on any atom is -0.486 e. The second-order valence-electron chi connectivity index (χ2n) is 5.30. The van der Waals surface area contributed by atoms with Crippen LogP contribution >= 0.6 is 15.9 Å². The molecule has 0 radical (unpaired) electrons. The van der Waals surface area contributed by atoms with Crippen molar-refractivity contribution in [1.29, 1.82) is 0 Å². The number of rotatable bonds is 7. The second-order valence-corrected chi connectivity index (χ2v) is 6.22. The zero-order valence-corrected chi connectivity index (χ0v) is 15.1. The highest BCUT2D eigenvalue weighted by atomic mass is 79.9. The van der Waals surface area contributed by atoms with Gasteiger partial charge in [-0.25, -0.2) is 0 Å². The molecule has 0 saturated carbocycles. The van der Waals surface area contributed by atoms with Gasteiger partial charge in [0.05, 0.1) is 0 Å². The van der Waals surface area contributed by atoms with Crippen molar-refractivity contribution in [2.45, 2.75) is 13.0 Å². The zero-order chi connectivity index (χ0) is 17.5. The smallest absolute Gasteiger partial charge is 0.287 e. The van der Waals surface area contributed by atoms with Crippen molar-refractivity contribution in [3.63, 3.8) is 0 Å². The molecule has 1 heterocycles. The van der Waals surface area contributed by atoms with Gasteiger partial charge in [-0.15, -0.1) is 0 Å². The Hall–Kier alpha value is -2.28. The lowest BCUT2D eigenvalue weighted by Gasteiger charge is -2.09. The number of hydrogen-bond donors (Lipinski definition) is 1. The number of hydrogen-bond acceptors (Lipinski definition) is 4. The lowest BCUT2D eigenvalue weighted by Crippen LogP contribution is -2.29. The predicted molar refractivity (Wildman–Crippen MR) is 92.8 cm³/mol. The lowest BCUT2D eigenvalue weighted by molar-refractivity contribution is -0.128. The van der Waals surface area contributed by atoms with Gasteiger partial charge in [-0.05, 0) is 36.4 Å². The van der Waals surface area contributed by atoms with Crippen LogP contribution in [0.15, 0.2) is 45.3 Å². The molecule has 128 valence electrons. The summed E-state index contributed by atoms with van der Waals surface area (Å²) in [5.74, 6) is 1.06. The van der Waals surface area contributed by atoms with Gasteiger partial charge in [-0.1, -0.05) is 15.9 Å². The largest absolute Gasteiger partial charge is 0.486 e. The summed E-state index contributed by atoms with van der Waals surface area (Å²) in [5, 5.41) is 2.65. The van der Waals surface area contributed by atoms with Crippen molar-refractivity contribution >= 4 is 27.7 Å². The van der Waals surface area contributed by atoms with Crippen molar-refractivity contribution in [3.05, 3.63) is 52.4 Å². The molecule has 6 nitrogen and oxygen atoms in total. The van der Waals surface area contributed by atoms with E-state index in [2.05, 4.69) is 21.2 Å². The maximum Gasteiger partial charge on any atom is 0.287 e. The van der Waals surface area contributed by atoms with Crippen LogP contribution in [0, 0.1) is 0 Å². The molecule has 0 fully saturated rings. The average Bonchev–Trinajstić information content (AvgIpc) is 3.03. The van der Waals surface area contributed by atoms with E-state index in [1.165, 1.54) is 4.90 Å². The number of nitrogens with zero attached hydrogens (tertiary/aromatic N) is 1. The van der Waals surface area contributed by atoms with Crippen molar-refractivity contribution in [2.24, 2.45) is 0 Å². The maximum absolute atomic E-state index is 11.9. The van der Waals surface area contributed by atoms with E-state index >= 15 is 0 Å². The Labute approximate surface area is 148 Å². The molecule has 0 atom stereocenters. The summed E-state index contributed by atoms with van der Waals surface area (Å²) >= 11 is 3.36. The first kappa shape index (κ1) is 18.1. The summed E-state index contributed by atoms with van der Waals surface area (Å²) in [4.78, 5) is 24.9. The van der Waals surface area contributed by atoms with Gasteiger partial charge in [-0.2, -0.15) is 0 Å². The third-order valence-electron chi connectivity index (χ3n) is 3.20. The van der Waals surface area contributed by atoms with Crippen LogP contribution in [0.4, 0.5) is 0 Å². The third kappa shape index (κ3) is 5.42. The number of carbonyl (C=O) groups is 2. The van der Waals surface area contributed by atoms with Crippen LogP contribution in [0.1, 0.15) is 22.7 Å². The Morgan fingerprint density at radius 2 is 1.88 bits per heavy atom. The molecule has 7 heteroatoms. The summed E-state index contributed by atoms with van der Waals surface area (Å²) < 4.78 is 12.0.